The maximum Gasteiger partial charge on any atom is 0.177 e. The topological polar surface area (TPSA) is 9.23 Å². The Morgan fingerprint density at radius 1 is 0.900 bits per heavy atom. The molecule has 0 aliphatic heterocycles. The maximum atomic E-state index is 6.45. The first-order valence-electron chi connectivity index (χ1n) is 7.92. The summed E-state index contributed by atoms with van der Waals surface area (Å²) in [5.41, 5.74) is 2.20. The van der Waals surface area contributed by atoms with Crippen LogP contribution in [0.4, 0.5) is 0 Å². The average molecular weight is 315 g/mol. The highest BCUT2D eigenvalue weighted by Gasteiger charge is 2.30. The highest BCUT2D eigenvalue weighted by molar-refractivity contribution is 6.84. The minimum atomic E-state index is -1.57. The quantitative estimate of drug-likeness (QED) is 0.418. The lowest BCUT2D eigenvalue weighted by Crippen LogP contribution is -2.41. The third-order valence-corrected chi connectivity index (χ3v) is 8.95. The van der Waals surface area contributed by atoms with Crippen LogP contribution in [0.3, 0.4) is 0 Å². The molecule has 0 atom stereocenters. The molecular formula is C17H38OSi2. The molecule has 0 heterocycles. The largest absolute Gasteiger partial charge is 0.455 e. The summed E-state index contributed by atoms with van der Waals surface area (Å²) in [5.74, 6) is 0. The molecule has 0 bridgehead atoms. The van der Waals surface area contributed by atoms with Gasteiger partial charge < -0.3 is 4.12 Å². The lowest BCUT2D eigenvalue weighted by molar-refractivity contribution is 0.358. The molecule has 0 N–H and O–H groups in total. The molecule has 3 heteroatoms. The van der Waals surface area contributed by atoms with Gasteiger partial charge in [0.2, 0.25) is 0 Å². The number of rotatable bonds is 5. The molecule has 0 spiro atoms. The molecule has 0 unspecified atom stereocenters. The molecule has 120 valence electrons. The molecule has 0 saturated carbocycles. The van der Waals surface area contributed by atoms with Crippen molar-refractivity contribution < 1.29 is 4.12 Å². The van der Waals surface area contributed by atoms with Crippen LogP contribution in [0.5, 0.6) is 0 Å². The van der Waals surface area contributed by atoms with E-state index in [2.05, 4.69) is 80.4 Å². The fourth-order valence-electron chi connectivity index (χ4n) is 2.45. The summed E-state index contributed by atoms with van der Waals surface area (Å²) in [4.78, 5) is 0. The van der Waals surface area contributed by atoms with Crippen LogP contribution in [0.25, 0.3) is 0 Å². The molecule has 0 aromatic carbocycles. The highest BCUT2D eigenvalue weighted by atomic mass is 28.4. The van der Waals surface area contributed by atoms with Crippen molar-refractivity contribution in [2.24, 2.45) is 10.8 Å². The van der Waals surface area contributed by atoms with E-state index in [1.165, 1.54) is 6.42 Å². The summed E-state index contributed by atoms with van der Waals surface area (Å²) >= 11 is 0. The zero-order valence-electron chi connectivity index (χ0n) is 15.9. The summed E-state index contributed by atoms with van der Waals surface area (Å²) in [6.45, 7) is 25.6. The van der Waals surface area contributed by atoms with Crippen LogP contribution < -0.4 is 0 Å². The van der Waals surface area contributed by atoms with E-state index in [1.807, 2.05) is 0 Å². The van der Waals surface area contributed by atoms with E-state index in [0.717, 1.165) is 6.04 Å². The van der Waals surface area contributed by atoms with Gasteiger partial charge in [-0.2, -0.15) is 0 Å². The standard InChI is InChI=1S/C17H38OSi2/c1-16(2,3)14-15(17(4,5)6)12-13-20(10,11)18-19(7,8)9/h12H,13-14H2,1-11H3. The zero-order chi connectivity index (χ0) is 16.4. The second kappa shape index (κ2) is 6.49. The highest BCUT2D eigenvalue weighted by Crippen LogP contribution is 2.36. The summed E-state index contributed by atoms with van der Waals surface area (Å²) in [6.07, 6.45) is 3.67. The number of hydrogen-bond acceptors (Lipinski definition) is 1. The number of allylic oxidation sites excluding steroid dienone is 2. The summed E-state index contributed by atoms with van der Waals surface area (Å²) in [7, 11) is -3.00. The third kappa shape index (κ3) is 9.95. The molecule has 0 radical (unpaired) electrons. The Labute approximate surface area is 130 Å². The monoisotopic (exact) mass is 314 g/mol. The predicted octanol–water partition coefficient (Wildman–Crippen LogP) is 6.45. The molecule has 0 saturated heterocycles. The van der Waals surface area contributed by atoms with E-state index < -0.39 is 16.6 Å². The fraction of sp³-hybridized carbons (Fsp3) is 0.882. The molecule has 0 aromatic heterocycles. The van der Waals surface area contributed by atoms with Gasteiger partial charge in [-0.1, -0.05) is 53.2 Å². The first-order valence-corrected chi connectivity index (χ1v) is 14.4. The van der Waals surface area contributed by atoms with Crippen LogP contribution in [0.2, 0.25) is 38.8 Å². The van der Waals surface area contributed by atoms with Crippen LogP contribution in [-0.2, 0) is 4.12 Å². The lowest BCUT2D eigenvalue weighted by Gasteiger charge is -2.33. The van der Waals surface area contributed by atoms with Crippen molar-refractivity contribution in [1.29, 1.82) is 0 Å². The van der Waals surface area contributed by atoms with Crippen LogP contribution >= 0.6 is 0 Å². The van der Waals surface area contributed by atoms with Crippen molar-refractivity contribution in [2.45, 2.75) is 86.7 Å². The summed E-state index contributed by atoms with van der Waals surface area (Å²) in [6, 6.07) is 1.14. The van der Waals surface area contributed by atoms with Crippen molar-refractivity contribution in [3.8, 4) is 0 Å². The predicted molar refractivity (Wildman–Crippen MR) is 98.3 cm³/mol. The molecule has 1 nitrogen and oxygen atoms in total. The van der Waals surface area contributed by atoms with Gasteiger partial charge in [-0.25, -0.2) is 0 Å². The van der Waals surface area contributed by atoms with Crippen LogP contribution in [0, 0.1) is 10.8 Å². The Balaban J connectivity index is 5.03. The summed E-state index contributed by atoms with van der Waals surface area (Å²) in [5, 5.41) is 0. The van der Waals surface area contributed by atoms with Gasteiger partial charge in [0.1, 0.15) is 0 Å². The zero-order valence-corrected chi connectivity index (χ0v) is 17.9. The van der Waals surface area contributed by atoms with E-state index in [1.54, 1.807) is 5.57 Å². The second-order valence-electron chi connectivity index (χ2n) is 9.90. The Hall–Kier alpha value is 0.134. The van der Waals surface area contributed by atoms with Crippen molar-refractivity contribution >= 4 is 16.6 Å². The molecular weight excluding hydrogens is 276 g/mol. The number of hydrogen-bond donors (Lipinski definition) is 0. The smallest absolute Gasteiger partial charge is 0.177 e. The molecule has 0 rings (SSSR count). The van der Waals surface area contributed by atoms with Gasteiger partial charge in [0.05, 0.1) is 0 Å². The Morgan fingerprint density at radius 3 is 1.65 bits per heavy atom. The van der Waals surface area contributed by atoms with Gasteiger partial charge in [-0.15, -0.1) is 0 Å². The SMILES string of the molecule is CC(C)(C)CC(=CC[Si](C)(C)O[Si](C)(C)C)C(C)(C)C. The Kier molecular flexibility index (Phi) is 6.53. The van der Waals surface area contributed by atoms with E-state index in [9.17, 15) is 0 Å². The van der Waals surface area contributed by atoms with Crippen molar-refractivity contribution in [3.05, 3.63) is 11.6 Å². The van der Waals surface area contributed by atoms with Gasteiger partial charge in [0.15, 0.2) is 16.6 Å². The van der Waals surface area contributed by atoms with Gasteiger partial charge in [0, 0.05) is 0 Å². The minimum absolute atomic E-state index is 0.261. The Morgan fingerprint density at radius 2 is 1.35 bits per heavy atom. The normalized spacial score (nSPS) is 15.7. The van der Waals surface area contributed by atoms with E-state index in [4.69, 9.17) is 4.12 Å². The molecule has 0 fully saturated rings. The Bertz CT molecular complexity index is 335. The van der Waals surface area contributed by atoms with Gasteiger partial charge in [0.25, 0.3) is 0 Å². The summed E-state index contributed by atoms with van der Waals surface area (Å²) < 4.78 is 6.45. The van der Waals surface area contributed by atoms with Gasteiger partial charge >= 0.3 is 0 Å². The first-order chi connectivity index (χ1) is 8.52. The lowest BCUT2D eigenvalue weighted by atomic mass is 9.77. The molecule has 0 aliphatic carbocycles. The van der Waals surface area contributed by atoms with Crippen molar-refractivity contribution in [1.82, 2.24) is 0 Å². The van der Waals surface area contributed by atoms with E-state index in [-0.39, 0.29) is 5.41 Å². The molecule has 0 amide bonds. The average Bonchev–Trinajstić information content (AvgIpc) is 2.04. The van der Waals surface area contributed by atoms with Crippen molar-refractivity contribution in [3.63, 3.8) is 0 Å². The van der Waals surface area contributed by atoms with Crippen LogP contribution in [0.15, 0.2) is 11.6 Å². The van der Waals surface area contributed by atoms with Crippen LogP contribution in [-0.4, -0.2) is 16.6 Å². The van der Waals surface area contributed by atoms with Gasteiger partial charge in [-0.05, 0) is 56.0 Å². The molecule has 20 heavy (non-hydrogen) atoms. The molecule has 0 aliphatic rings. The maximum absolute atomic E-state index is 6.45. The van der Waals surface area contributed by atoms with E-state index in [0.29, 0.717) is 5.41 Å². The van der Waals surface area contributed by atoms with Crippen LogP contribution in [0.1, 0.15) is 48.0 Å². The molecule has 0 aromatic rings. The fourth-order valence-corrected chi connectivity index (χ4v) is 10.2. The van der Waals surface area contributed by atoms with Gasteiger partial charge in [-0.3, -0.25) is 0 Å². The second-order valence-corrected chi connectivity index (χ2v) is 18.9. The first kappa shape index (κ1) is 20.1. The van der Waals surface area contributed by atoms with E-state index >= 15 is 0 Å². The third-order valence-electron chi connectivity index (χ3n) is 3.11. The van der Waals surface area contributed by atoms with Crippen molar-refractivity contribution in [2.75, 3.05) is 0 Å². The minimum Gasteiger partial charge on any atom is -0.455 e.